The maximum Gasteiger partial charge on any atom is 0.0854 e. The second kappa shape index (κ2) is 4.45. The summed E-state index contributed by atoms with van der Waals surface area (Å²) in [5.74, 6) is 0. The zero-order valence-corrected chi connectivity index (χ0v) is 9.11. The minimum Gasteiger partial charge on any atom is -0.380 e. The Morgan fingerprint density at radius 2 is 2.47 bits per heavy atom. The van der Waals surface area contributed by atoms with E-state index in [-0.39, 0.29) is 0 Å². The Hall–Kier alpha value is -1.35. The van der Waals surface area contributed by atoms with E-state index in [0.29, 0.717) is 6.04 Å². The Morgan fingerprint density at radius 1 is 1.60 bits per heavy atom. The van der Waals surface area contributed by atoms with Gasteiger partial charge in [0.05, 0.1) is 11.4 Å². The highest BCUT2D eigenvalue weighted by Crippen LogP contribution is 2.11. The standard InChI is InChI=1S/C12H17N3/c1-10(12-5-3-4-7-13-12)14-11-6-8-15(2)9-11/h3-5,7,11,14H,1,6,8-9H2,2H3. The number of pyridine rings is 1. The summed E-state index contributed by atoms with van der Waals surface area (Å²) < 4.78 is 0. The molecule has 1 N–H and O–H groups in total. The molecular formula is C12H17N3. The topological polar surface area (TPSA) is 28.2 Å². The van der Waals surface area contributed by atoms with Gasteiger partial charge in [-0.2, -0.15) is 0 Å². The van der Waals surface area contributed by atoms with Crippen molar-refractivity contribution in [3.8, 4) is 0 Å². The minimum atomic E-state index is 0.518. The van der Waals surface area contributed by atoms with E-state index in [2.05, 4.69) is 28.8 Å². The van der Waals surface area contributed by atoms with Crippen molar-refractivity contribution < 1.29 is 0 Å². The fourth-order valence-corrected chi connectivity index (χ4v) is 1.91. The average molecular weight is 203 g/mol. The third-order valence-corrected chi connectivity index (χ3v) is 2.74. The van der Waals surface area contributed by atoms with Crippen LogP contribution in [-0.4, -0.2) is 36.1 Å². The van der Waals surface area contributed by atoms with E-state index in [1.54, 1.807) is 6.20 Å². The van der Waals surface area contributed by atoms with Crippen LogP contribution < -0.4 is 5.32 Å². The molecule has 1 aliphatic heterocycles. The minimum absolute atomic E-state index is 0.518. The summed E-state index contributed by atoms with van der Waals surface area (Å²) >= 11 is 0. The van der Waals surface area contributed by atoms with Crippen LogP contribution in [0.2, 0.25) is 0 Å². The number of likely N-dealkylation sites (N-methyl/N-ethyl adjacent to an activating group) is 1. The Balaban J connectivity index is 1.93. The van der Waals surface area contributed by atoms with E-state index in [1.165, 1.54) is 6.42 Å². The number of aromatic nitrogens is 1. The summed E-state index contributed by atoms with van der Waals surface area (Å²) in [4.78, 5) is 6.59. The summed E-state index contributed by atoms with van der Waals surface area (Å²) in [6.45, 7) is 6.27. The fraction of sp³-hybridized carbons (Fsp3) is 0.417. The lowest BCUT2D eigenvalue weighted by molar-refractivity contribution is 0.406. The van der Waals surface area contributed by atoms with Gasteiger partial charge < -0.3 is 10.2 Å². The molecule has 3 heteroatoms. The number of hydrogen-bond acceptors (Lipinski definition) is 3. The van der Waals surface area contributed by atoms with Gasteiger partial charge in [0.15, 0.2) is 0 Å². The summed E-state index contributed by atoms with van der Waals surface area (Å²) in [7, 11) is 2.14. The maximum absolute atomic E-state index is 4.26. The normalized spacial score (nSPS) is 21.5. The molecule has 0 spiro atoms. The van der Waals surface area contributed by atoms with E-state index in [1.807, 2.05) is 18.2 Å². The fourth-order valence-electron chi connectivity index (χ4n) is 1.91. The highest BCUT2D eigenvalue weighted by Gasteiger charge is 2.19. The average Bonchev–Trinajstić information content (AvgIpc) is 2.65. The van der Waals surface area contributed by atoms with Crippen LogP contribution in [0.25, 0.3) is 5.70 Å². The van der Waals surface area contributed by atoms with Gasteiger partial charge in [0.25, 0.3) is 0 Å². The first kappa shape index (κ1) is 10.2. The van der Waals surface area contributed by atoms with Gasteiger partial charge in [-0.05, 0) is 32.1 Å². The molecule has 1 saturated heterocycles. The third kappa shape index (κ3) is 2.57. The lowest BCUT2D eigenvalue weighted by atomic mass is 10.2. The van der Waals surface area contributed by atoms with Gasteiger partial charge in [-0.15, -0.1) is 0 Å². The summed E-state index contributed by atoms with van der Waals surface area (Å²) in [6, 6.07) is 6.40. The molecule has 80 valence electrons. The summed E-state index contributed by atoms with van der Waals surface area (Å²) in [5.41, 5.74) is 1.86. The van der Waals surface area contributed by atoms with Crippen molar-refractivity contribution in [3.63, 3.8) is 0 Å². The molecule has 15 heavy (non-hydrogen) atoms. The molecule has 0 amide bonds. The largest absolute Gasteiger partial charge is 0.380 e. The van der Waals surface area contributed by atoms with Crippen LogP contribution >= 0.6 is 0 Å². The number of nitrogens with one attached hydrogen (secondary N) is 1. The van der Waals surface area contributed by atoms with E-state index in [0.717, 1.165) is 24.5 Å². The van der Waals surface area contributed by atoms with Crippen LogP contribution in [0.5, 0.6) is 0 Å². The van der Waals surface area contributed by atoms with Crippen LogP contribution in [-0.2, 0) is 0 Å². The number of nitrogens with zero attached hydrogens (tertiary/aromatic N) is 2. The van der Waals surface area contributed by atoms with Gasteiger partial charge >= 0.3 is 0 Å². The molecule has 0 radical (unpaired) electrons. The Bertz CT molecular complexity index is 334. The molecule has 3 nitrogen and oxygen atoms in total. The smallest absolute Gasteiger partial charge is 0.0854 e. The number of likely N-dealkylation sites (tertiary alicyclic amines) is 1. The van der Waals surface area contributed by atoms with Crippen LogP contribution in [0, 0.1) is 0 Å². The first-order chi connectivity index (χ1) is 7.25. The van der Waals surface area contributed by atoms with E-state index in [9.17, 15) is 0 Å². The molecular weight excluding hydrogens is 186 g/mol. The summed E-state index contributed by atoms with van der Waals surface area (Å²) in [5, 5.41) is 3.43. The van der Waals surface area contributed by atoms with Crippen molar-refractivity contribution in [1.82, 2.24) is 15.2 Å². The van der Waals surface area contributed by atoms with E-state index >= 15 is 0 Å². The molecule has 2 rings (SSSR count). The number of hydrogen-bond donors (Lipinski definition) is 1. The SMILES string of the molecule is C=C(NC1CCN(C)C1)c1ccccn1. The second-order valence-electron chi connectivity index (χ2n) is 4.09. The lowest BCUT2D eigenvalue weighted by Crippen LogP contribution is -2.30. The van der Waals surface area contributed by atoms with Crippen LogP contribution in [0.4, 0.5) is 0 Å². The second-order valence-corrected chi connectivity index (χ2v) is 4.09. The molecule has 1 aromatic rings. The molecule has 1 unspecified atom stereocenters. The molecule has 1 aromatic heterocycles. The third-order valence-electron chi connectivity index (χ3n) is 2.74. The summed E-state index contributed by atoms with van der Waals surface area (Å²) in [6.07, 6.45) is 2.98. The first-order valence-corrected chi connectivity index (χ1v) is 5.31. The van der Waals surface area contributed by atoms with Crippen molar-refractivity contribution in [2.75, 3.05) is 20.1 Å². The number of rotatable bonds is 3. The lowest BCUT2D eigenvalue weighted by Gasteiger charge is -2.15. The van der Waals surface area contributed by atoms with Gasteiger partial charge in [-0.1, -0.05) is 12.6 Å². The molecule has 1 fully saturated rings. The van der Waals surface area contributed by atoms with E-state index in [4.69, 9.17) is 0 Å². The zero-order chi connectivity index (χ0) is 10.7. The van der Waals surface area contributed by atoms with Gasteiger partial charge in [0, 0.05) is 18.8 Å². The van der Waals surface area contributed by atoms with E-state index < -0.39 is 0 Å². The van der Waals surface area contributed by atoms with Crippen molar-refractivity contribution in [3.05, 3.63) is 36.7 Å². The molecule has 0 aliphatic carbocycles. The molecule has 1 atom stereocenters. The van der Waals surface area contributed by atoms with Crippen LogP contribution in [0.15, 0.2) is 31.0 Å². The van der Waals surface area contributed by atoms with Gasteiger partial charge in [0.1, 0.15) is 0 Å². The molecule has 0 bridgehead atoms. The van der Waals surface area contributed by atoms with Crippen molar-refractivity contribution in [2.24, 2.45) is 0 Å². The molecule has 0 aromatic carbocycles. The quantitative estimate of drug-likeness (QED) is 0.803. The molecule has 1 aliphatic rings. The maximum atomic E-state index is 4.26. The highest BCUT2D eigenvalue weighted by atomic mass is 15.2. The van der Waals surface area contributed by atoms with Gasteiger partial charge in [-0.25, -0.2) is 0 Å². The van der Waals surface area contributed by atoms with Gasteiger partial charge in [0.2, 0.25) is 0 Å². The molecule has 0 saturated carbocycles. The zero-order valence-electron chi connectivity index (χ0n) is 9.11. The highest BCUT2D eigenvalue weighted by molar-refractivity contribution is 5.58. The van der Waals surface area contributed by atoms with Crippen LogP contribution in [0.1, 0.15) is 12.1 Å². The van der Waals surface area contributed by atoms with Crippen molar-refractivity contribution >= 4 is 5.70 Å². The predicted octanol–water partition coefficient (Wildman–Crippen LogP) is 1.35. The van der Waals surface area contributed by atoms with Crippen molar-refractivity contribution in [2.45, 2.75) is 12.5 Å². The predicted molar refractivity (Wildman–Crippen MR) is 62.3 cm³/mol. The Labute approximate surface area is 90.8 Å². The molecule has 2 heterocycles. The first-order valence-electron chi connectivity index (χ1n) is 5.31. The van der Waals surface area contributed by atoms with Crippen molar-refractivity contribution in [1.29, 1.82) is 0 Å². The Kier molecular flexibility index (Phi) is 3.02. The van der Waals surface area contributed by atoms with Gasteiger partial charge in [-0.3, -0.25) is 4.98 Å². The monoisotopic (exact) mass is 203 g/mol. The van der Waals surface area contributed by atoms with Crippen LogP contribution in [0.3, 0.4) is 0 Å². The Morgan fingerprint density at radius 3 is 3.07 bits per heavy atom.